The quantitative estimate of drug-likeness (QED) is 0.636. The first-order valence-electron chi connectivity index (χ1n) is 9.86. The van der Waals surface area contributed by atoms with Gasteiger partial charge >= 0.3 is 0 Å². The summed E-state index contributed by atoms with van der Waals surface area (Å²) < 4.78 is 27.3. The number of piperidine rings is 1. The molecule has 8 nitrogen and oxygen atoms in total. The number of carbonyl (C=O) groups is 2. The van der Waals surface area contributed by atoms with Crippen molar-refractivity contribution in [3.8, 4) is 0 Å². The normalized spacial score (nSPS) is 17.4. The monoisotopic (exact) mass is 450 g/mol. The number of sulfonamides is 1. The lowest BCUT2D eigenvalue weighted by molar-refractivity contribution is -0.126. The van der Waals surface area contributed by atoms with Gasteiger partial charge in [0.2, 0.25) is 11.8 Å². The van der Waals surface area contributed by atoms with Gasteiger partial charge in [0.25, 0.3) is 10.0 Å². The molecule has 2 amide bonds. The average molecular weight is 451 g/mol. The van der Waals surface area contributed by atoms with E-state index < -0.39 is 15.9 Å². The average Bonchev–Trinajstić information content (AvgIpc) is 3.20. The molecule has 2 aromatic rings. The zero-order chi connectivity index (χ0) is 21.6. The molecule has 0 saturated carbocycles. The smallest absolute Gasteiger partial charge is 0.252 e. The summed E-state index contributed by atoms with van der Waals surface area (Å²) in [4.78, 5) is 29.3. The van der Waals surface area contributed by atoms with Crippen LogP contribution in [-0.4, -0.2) is 49.2 Å². The fraction of sp³-hybridized carbons (Fsp3) is 0.450. The highest BCUT2D eigenvalue weighted by atomic mass is 32.2. The van der Waals surface area contributed by atoms with Gasteiger partial charge in [-0.05, 0) is 49.6 Å². The van der Waals surface area contributed by atoms with Crippen LogP contribution in [0.4, 0.5) is 0 Å². The molecule has 1 saturated heterocycles. The van der Waals surface area contributed by atoms with Gasteiger partial charge in [-0.2, -0.15) is 4.31 Å². The summed E-state index contributed by atoms with van der Waals surface area (Å²) in [6.45, 7) is 3.07. The van der Waals surface area contributed by atoms with E-state index >= 15 is 0 Å². The molecule has 10 heteroatoms. The first-order chi connectivity index (χ1) is 14.4. The van der Waals surface area contributed by atoms with Crippen LogP contribution in [0.25, 0.3) is 0 Å². The lowest BCUT2D eigenvalue weighted by Crippen LogP contribution is -2.45. The van der Waals surface area contributed by atoms with Crippen LogP contribution >= 0.6 is 11.3 Å². The molecule has 0 aliphatic carbocycles. The van der Waals surface area contributed by atoms with Gasteiger partial charge in [-0.1, -0.05) is 0 Å². The third kappa shape index (κ3) is 5.87. The SMILES string of the molecule is Cc1ccc(S(=O)(=O)N2CCCC(C(=O)NCCC(=O)NCc3ccncc3)C2)s1. The van der Waals surface area contributed by atoms with Crippen molar-refractivity contribution in [2.24, 2.45) is 5.92 Å². The third-order valence-corrected chi connectivity index (χ3v) is 8.29. The molecule has 0 radical (unpaired) electrons. The van der Waals surface area contributed by atoms with Crippen LogP contribution in [0.1, 0.15) is 29.7 Å². The van der Waals surface area contributed by atoms with Gasteiger partial charge in [0, 0.05) is 49.9 Å². The maximum Gasteiger partial charge on any atom is 0.252 e. The second-order valence-electron chi connectivity index (χ2n) is 7.24. The Morgan fingerprint density at radius 3 is 2.67 bits per heavy atom. The zero-order valence-electron chi connectivity index (χ0n) is 16.8. The van der Waals surface area contributed by atoms with E-state index in [1.54, 1.807) is 24.5 Å². The molecular weight excluding hydrogens is 424 g/mol. The van der Waals surface area contributed by atoms with Crippen LogP contribution in [0, 0.1) is 12.8 Å². The topological polar surface area (TPSA) is 108 Å². The van der Waals surface area contributed by atoms with Crippen LogP contribution in [0.3, 0.4) is 0 Å². The molecule has 1 unspecified atom stereocenters. The zero-order valence-corrected chi connectivity index (χ0v) is 18.5. The summed E-state index contributed by atoms with van der Waals surface area (Å²) in [5.41, 5.74) is 0.951. The molecular formula is C20H26N4O4S2. The largest absolute Gasteiger partial charge is 0.355 e. The maximum atomic E-state index is 12.8. The molecule has 1 atom stereocenters. The Hall–Kier alpha value is -2.30. The highest BCUT2D eigenvalue weighted by Crippen LogP contribution is 2.28. The Bertz CT molecular complexity index is 976. The number of nitrogens with one attached hydrogen (secondary N) is 2. The first-order valence-corrected chi connectivity index (χ1v) is 12.1. The maximum absolute atomic E-state index is 12.8. The number of aromatic nitrogens is 1. The number of amides is 2. The molecule has 0 spiro atoms. The van der Waals surface area contributed by atoms with Crippen molar-refractivity contribution in [1.82, 2.24) is 19.9 Å². The minimum absolute atomic E-state index is 0.159. The van der Waals surface area contributed by atoms with Gasteiger partial charge in [0.15, 0.2) is 0 Å². The molecule has 1 aliphatic heterocycles. The van der Waals surface area contributed by atoms with Crippen molar-refractivity contribution >= 4 is 33.2 Å². The fourth-order valence-electron chi connectivity index (χ4n) is 3.29. The van der Waals surface area contributed by atoms with Gasteiger partial charge in [0.1, 0.15) is 4.21 Å². The second kappa shape index (κ2) is 10.1. The lowest BCUT2D eigenvalue weighted by Gasteiger charge is -2.30. The van der Waals surface area contributed by atoms with Crippen LogP contribution in [0.5, 0.6) is 0 Å². The van der Waals surface area contributed by atoms with E-state index in [-0.39, 0.29) is 31.3 Å². The second-order valence-corrected chi connectivity index (χ2v) is 10.7. The summed E-state index contributed by atoms with van der Waals surface area (Å²) in [7, 11) is -3.57. The first kappa shape index (κ1) is 22.4. The number of carbonyl (C=O) groups excluding carboxylic acids is 2. The molecule has 30 heavy (non-hydrogen) atoms. The van der Waals surface area contributed by atoms with Crippen molar-refractivity contribution in [3.63, 3.8) is 0 Å². The van der Waals surface area contributed by atoms with Crippen LogP contribution < -0.4 is 10.6 Å². The highest BCUT2D eigenvalue weighted by molar-refractivity contribution is 7.91. The molecule has 162 valence electrons. The van der Waals surface area contributed by atoms with E-state index in [4.69, 9.17) is 0 Å². The lowest BCUT2D eigenvalue weighted by atomic mass is 9.99. The number of rotatable bonds is 8. The Morgan fingerprint density at radius 2 is 1.97 bits per heavy atom. The molecule has 2 aromatic heterocycles. The summed E-state index contributed by atoms with van der Waals surface area (Å²) in [5.74, 6) is -0.776. The number of aryl methyl sites for hydroxylation is 1. The summed E-state index contributed by atoms with van der Waals surface area (Å²) in [6, 6.07) is 7.04. The molecule has 1 aliphatic rings. The fourth-order valence-corrected chi connectivity index (χ4v) is 6.25. The van der Waals surface area contributed by atoms with E-state index in [1.165, 1.54) is 15.6 Å². The Balaban J connectivity index is 1.44. The van der Waals surface area contributed by atoms with E-state index in [2.05, 4.69) is 15.6 Å². The van der Waals surface area contributed by atoms with Crippen molar-refractivity contribution in [3.05, 3.63) is 47.1 Å². The number of hydrogen-bond donors (Lipinski definition) is 2. The van der Waals surface area contributed by atoms with Crippen LogP contribution in [0.2, 0.25) is 0 Å². The molecule has 0 aromatic carbocycles. The van der Waals surface area contributed by atoms with Crippen molar-refractivity contribution in [2.45, 2.75) is 36.9 Å². The summed E-state index contributed by atoms with van der Waals surface area (Å²) >= 11 is 1.24. The number of nitrogens with zero attached hydrogens (tertiary/aromatic N) is 2. The van der Waals surface area contributed by atoms with Crippen LogP contribution in [0.15, 0.2) is 40.9 Å². The number of hydrogen-bond acceptors (Lipinski definition) is 6. The Labute approximate surface area is 180 Å². The predicted molar refractivity (Wildman–Crippen MR) is 114 cm³/mol. The Kier molecular flexibility index (Phi) is 7.57. The van der Waals surface area contributed by atoms with Gasteiger partial charge < -0.3 is 10.6 Å². The van der Waals surface area contributed by atoms with E-state index in [1.807, 2.05) is 19.1 Å². The molecule has 2 N–H and O–H groups in total. The van der Waals surface area contributed by atoms with Gasteiger partial charge in [-0.15, -0.1) is 11.3 Å². The summed E-state index contributed by atoms with van der Waals surface area (Å²) in [6.07, 6.45) is 4.76. The third-order valence-electron chi connectivity index (χ3n) is 4.96. The molecule has 0 bridgehead atoms. The standard InChI is InChI=1S/C20H26N4O4S2/c1-15-4-5-19(29-15)30(27,28)24-12-2-3-17(14-24)20(26)22-11-8-18(25)23-13-16-6-9-21-10-7-16/h4-7,9-10,17H,2-3,8,11-14H2,1H3,(H,22,26)(H,23,25). The van der Waals surface area contributed by atoms with E-state index in [0.29, 0.717) is 30.1 Å². The molecule has 3 heterocycles. The van der Waals surface area contributed by atoms with E-state index in [0.717, 1.165) is 10.4 Å². The summed E-state index contributed by atoms with van der Waals surface area (Å²) in [5, 5.41) is 5.56. The minimum atomic E-state index is -3.57. The van der Waals surface area contributed by atoms with E-state index in [9.17, 15) is 18.0 Å². The molecule has 1 fully saturated rings. The van der Waals surface area contributed by atoms with Crippen molar-refractivity contribution < 1.29 is 18.0 Å². The highest BCUT2D eigenvalue weighted by Gasteiger charge is 2.33. The predicted octanol–water partition coefficient (Wildman–Crippen LogP) is 1.67. The van der Waals surface area contributed by atoms with Crippen LogP contribution in [-0.2, 0) is 26.2 Å². The number of pyridine rings is 1. The number of thiophene rings is 1. The minimum Gasteiger partial charge on any atom is -0.355 e. The Morgan fingerprint density at radius 1 is 1.20 bits per heavy atom. The van der Waals surface area contributed by atoms with Crippen molar-refractivity contribution in [1.29, 1.82) is 0 Å². The molecule has 3 rings (SSSR count). The van der Waals surface area contributed by atoms with Gasteiger partial charge in [-0.25, -0.2) is 8.42 Å². The van der Waals surface area contributed by atoms with Gasteiger partial charge in [-0.3, -0.25) is 14.6 Å². The van der Waals surface area contributed by atoms with Crippen molar-refractivity contribution in [2.75, 3.05) is 19.6 Å². The van der Waals surface area contributed by atoms with Gasteiger partial charge in [0.05, 0.1) is 5.92 Å².